The van der Waals surface area contributed by atoms with Gasteiger partial charge < -0.3 is 9.53 Å². The molecule has 0 spiro atoms. The zero-order valence-electron chi connectivity index (χ0n) is 9.57. The van der Waals surface area contributed by atoms with Crippen molar-refractivity contribution >= 4 is 12.3 Å². The largest absolute Gasteiger partial charge is 0.469 e. The van der Waals surface area contributed by atoms with Gasteiger partial charge in [-0.05, 0) is 30.6 Å². The number of ether oxygens (including phenoxy) is 1. The van der Waals surface area contributed by atoms with Crippen molar-refractivity contribution in [3.8, 4) is 0 Å². The second-order valence-electron chi connectivity index (χ2n) is 4.50. The Kier molecular flexibility index (Phi) is 4.79. The van der Waals surface area contributed by atoms with Gasteiger partial charge in [0.15, 0.2) is 0 Å². The molecule has 3 nitrogen and oxygen atoms in total. The van der Waals surface area contributed by atoms with Crippen LogP contribution >= 0.6 is 0 Å². The summed E-state index contributed by atoms with van der Waals surface area (Å²) in [5.41, 5.74) is 0. The van der Waals surface area contributed by atoms with Gasteiger partial charge in [-0.25, -0.2) is 0 Å². The van der Waals surface area contributed by atoms with E-state index in [1.54, 1.807) is 0 Å². The minimum Gasteiger partial charge on any atom is -0.469 e. The first-order valence-electron chi connectivity index (χ1n) is 5.69. The topological polar surface area (TPSA) is 43.4 Å². The lowest BCUT2D eigenvalue weighted by Crippen LogP contribution is -2.18. The van der Waals surface area contributed by atoms with E-state index in [4.69, 9.17) is 4.74 Å². The van der Waals surface area contributed by atoms with Crippen molar-refractivity contribution in [3.05, 3.63) is 0 Å². The van der Waals surface area contributed by atoms with E-state index in [0.717, 1.165) is 19.1 Å². The summed E-state index contributed by atoms with van der Waals surface area (Å²) in [5, 5.41) is 0. The van der Waals surface area contributed by atoms with E-state index in [1.807, 2.05) is 0 Å². The summed E-state index contributed by atoms with van der Waals surface area (Å²) in [7, 11) is 1.43. The van der Waals surface area contributed by atoms with Crippen LogP contribution in [-0.4, -0.2) is 19.4 Å². The molecule has 3 heteroatoms. The highest BCUT2D eigenvalue weighted by Gasteiger charge is 2.34. The lowest BCUT2D eigenvalue weighted by atomic mass is 9.85. The predicted octanol–water partition coefficient (Wildman–Crippen LogP) is 2.19. The van der Waals surface area contributed by atoms with Gasteiger partial charge in [-0.2, -0.15) is 0 Å². The van der Waals surface area contributed by atoms with Gasteiger partial charge >= 0.3 is 5.97 Å². The first-order chi connectivity index (χ1) is 7.19. The molecular weight excluding hydrogens is 192 g/mol. The standard InChI is InChI=1S/C12H20O3/c1-9-5-6-10(4-3-7-13)11(9)8-12(14)15-2/h7,9-11H,3-6,8H2,1-2H3. The highest BCUT2D eigenvalue weighted by Crippen LogP contribution is 2.41. The van der Waals surface area contributed by atoms with Crippen LogP contribution in [0.4, 0.5) is 0 Å². The number of hydrogen-bond donors (Lipinski definition) is 0. The average molecular weight is 212 g/mol. The molecule has 0 radical (unpaired) electrons. The molecule has 0 amide bonds. The third-order valence-electron chi connectivity index (χ3n) is 3.61. The van der Waals surface area contributed by atoms with Gasteiger partial charge in [0.1, 0.15) is 6.29 Å². The van der Waals surface area contributed by atoms with Gasteiger partial charge in [-0.1, -0.05) is 13.3 Å². The van der Waals surface area contributed by atoms with Crippen LogP contribution in [-0.2, 0) is 14.3 Å². The summed E-state index contributed by atoms with van der Waals surface area (Å²) in [4.78, 5) is 21.6. The van der Waals surface area contributed by atoms with Crippen LogP contribution in [0.5, 0.6) is 0 Å². The second-order valence-corrected chi connectivity index (χ2v) is 4.50. The maximum Gasteiger partial charge on any atom is 0.305 e. The number of esters is 1. The van der Waals surface area contributed by atoms with Crippen LogP contribution in [0.1, 0.15) is 39.0 Å². The Balaban J connectivity index is 2.48. The summed E-state index contributed by atoms with van der Waals surface area (Å²) in [6.07, 6.45) is 5.35. The number of aldehydes is 1. The number of methoxy groups -OCH3 is 1. The lowest BCUT2D eigenvalue weighted by Gasteiger charge is -2.20. The lowest BCUT2D eigenvalue weighted by molar-refractivity contribution is -0.142. The van der Waals surface area contributed by atoms with Gasteiger partial charge in [-0.3, -0.25) is 4.79 Å². The van der Waals surface area contributed by atoms with Crippen molar-refractivity contribution in [2.45, 2.75) is 39.0 Å². The van der Waals surface area contributed by atoms with E-state index in [1.165, 1.54) is 13.5 Å². The fourth-order valence-corrected chi connectivity index (χ4v) is 2.65. The smallest absolute Gasteiger partial charge is 0.305 e. The predicted molar refractivity (Wildman–Crippen MR) is 57.3 cm³/mol. The zero-order chi connectivity index (χ0) is 11.3. The zero-order valence-corrected chi connectivity index (χ0v) is 9.57. The Bertz CT molecular complexity index is 225. The molecule has 0 N–H and O–H groups in total. The fraction of sp³-hybridized carbons (Fsp3) is 0.833. The van der Waals surface area contributed by atoms with E-state index in [0.29, 0.717) is 30.6 Å². The maximum atomic E-state index is 11.2. The molecule has 0 bridgehead atoms. The first kappa shape index (κ1) is 12.2. The molecule has 0 aromatic heterocycles. The summed E-state index contributed by atoms with van der Waals surface area (Å²) >= 11 is 0. The van der Waals surface area contributed by atoms with Crippen molar-refractivity contribution in [2.75, 3.05) is 7.11 Å². The van der Waals surface area contributed by atoms with Gasteiger partial charge in [0.05, 0.1) is 7.11 Å². The van der Waals surface area contributed by atoms with Crippen LogP contribution < -0.4 is 0 Å². The normalized spacial score (nSPS) is 30.1. The van der Waals surface area contributed by atoms with Crippen LogP contribution in [0, 0.1) is 17.8 Å². The molecule has 1 fully saturated rings. The molecule has 3 atom stereocenters. The van der Waals surface area contributed by atoms with E-state index in [-0.39, 0.29) is 5.97 Å². The van der Waals surface area contributed by atoms with Crippen molar-refractivity contribution in [3.63, 3.8) is 0 Å². The quantitative estimate of drug-likeness (QED) is 0.518. The number of hydrogen-bond acceptors (Lipinski definition) is 3. The number of carbonyl (C=O) groups is 2. The van der Waals surface area contributed by atoms with Gasteiger partial charge in [0.2, 0.25) is 0 Å². The highest BCUT2D eigenvalue weighted by atomic mass is 16.5. The molecule has 86 valence electrons. The van der Waals surface area contributed by atoms with E-state index >= 15 is 0 Å². The van der Waals surface area contributed by atoms with E-state index in [2.05, 4.69) is 6.92 Å². The van der Waals surface area contributed by atoms with Gasteiger partial charge in [0.25, 0.3) is 0 Å². The Morgan fingerprint density at radius 2 is 2.20 bits per heavy atom. The highest BCUT2D eigenvalue weighted by molar-refractivity contribution is 5.69. The second kappa shape index (κ2) is 5.89. The summed E-state index contributed by atoms with van der Waals surface area (Å²) in [6, 6.07) is 0. The minimum atomic E-state index is -0.121. The molecule has 0 heterocycles. The molecule has 1 rings (SSSR count). The minimum absolute atomic E-state index is 0.121. The number of rotatable bonds is 5. The van der Waals surface area contributed by atoms with Crippen molar-refractivity contribution in [1.82, 2.24) is 0 Å². The molecule has 0 aromatic rings. The third-order valence-corrected chi connectivity index (χ3v) is 3.61. The summed E-state index contributed by atoms with van der Waals surface area (Å²) in [6.45, 7) is 2.19. The van der Waals surface area contributed by atoms with E-state index in [9.17, 15) is 9.59 Å². The van der Waals surface area contributed by atoms with Crippen molar-refractivity contribution in [1.29, 1.82) is 0 Å². The third kappa shape index (κ3) is 3.33. The number of carbonyl (C=O) groups excluding carboxylic acids is 2. The molecule has 1 saturated carbocycles. The van der Waals surface area contributed by atoms with E-state index < -0.39 is 0 Å². The molecule has 0 aliphatic heterocycles. The maximum absolute atomic E-state index is 11.2. The molecule has 0 saturated heterocycles. The van der Waals surface area contributed by atoms with Crippen LogP contribution in [0.2, 0.25) is 0 Å². The first-order valence-corrected chi connectivity index (χ1v) is 5.69. The van der Waals surface area contributed by atoms with Crippen molar-refractivity contribution in [2.24, 2.45) is 17.8 Å². The summed E-state index contributed by atoms with van der Waals surface area (Å²) < 4.78 is 4.70. The molecule has 15 heavy (non-hydrogen) atoms. The Hall–Kier alpha value is -0.860. The Morgan fingerprint density at radius 3 is 2.80 bits per heavy atom. The summed E-state index contributed by atoms with van der Waals surface area (Å²) in [5.74, 6) is 1.41. The average Bonchev–Trinajstić information content (AvgIpc) is 2.57. The van der Waals surface area contributed by atoms with Gasteiger partial charge in [0, 0.05) is 12.8 Å². The molecule has 3 unspecified atom stereocenters. The van der Waals surface area contributed by atoms with Gasteiger partial charge in [-0.15, -0.1) is 0 Å². The SMILES string of the molecule is COC(=O)CC1C(C)CCC1CCC=O. The molecular formula is C12H20O3. The Labute approximate surface area is 91.2 Å². The fourth-order valence-electron chi connectivity index (χ4n) is 2.65. The van der Waals surface area contributed by atoms with Crippen molar-refractivity contribution < 1.29 is 14.3 Å². The van der Waals surface area contributed by atoms with Crippen LogP contribution in [0.3, 0.4) is 0 Å². The molecule has 1 aliphatic carbocycles. The molecule has 0 aromatic carbocycles. The van der Waals surface area contributed by atoms with Crippen LogP contribution in [0.15, 0.2) is 0 Å². The van der Waals surface area contributed by atoms with Crippen LogP contribution in [0.25, 0.3) is 0 Å². The molecule has 1 aliphatic rings. The Morgan fingerprint density at radius 1 is 1.47 bits per heavy atom. The monoisotopic (exact) mass is 212 g/mol.